The van der Waals surface area contributed by atoms with Gasteiger partial charge in [0.2, 0.25) is 0 Å². The van der Waals surface area contributed by atoms with Crippen LogP contribution in [-0.2, 0) is 0 Å². The first-order valence-electron chi connectivity index (χ1n) is 6.49. The molecule has 1 unspecified atom stereocenters. The van der Waals surface area contributed by atoms with E-state index in [1.54, 1.807) is 0 Å². The number of carbonyl (C=O) groups excluding carboxylic acids is 1. The Kier molecular flexibility index (Phi) is 3.99. The number of carbonyl (C=O) groups is 1. The van der Waals surface area contributed by atoms with Gasteiger partial charge >= 0.3 is 0 Å². The van der Waals surface area contributed by atoms with Crippen molar-refractivity contribution in [3.63, 3.8) is 0 Å². The molecule has 108 valence electrons. The number of hydrogen-bond acceptors (Lipinski definition) is 3. The summed E-state index contributed by atoms with van der Waals surface area (Å²) in [5.74, 6) is 0.527. The SMILES string of the molecule is O=C(NC1CCOc2ccccc21)c1cc(Cl)ncc1Cl. The van der Waals surface area contributed by atoms with Crippen molar-refractivity contribution in [2.75, 3.05) is 6.61 Å². The summed E-state index contributed by atoms with van der Waals surface area (Å²) in [7, 11) is 0. The number of para-hydroxylation sites is 1. The molecule has 0 saturated carbocycles. The van der Waals surface area contributed by atoms with Crippen molar-refractivity contribution in [2.45, 2.75) is 12.5 Å². The largest absolute Gasteiger partial charge is 0.493 e. The molecule has 6 heteroatoms. The number of rotatable bonds is 2. The van der Waals surface area contributed by atoms with Gasteiger partial charge in [0.25, 0.3) is 5.91 Å². The fourth-order valence-corrected chi connectivity index (χ4v) is 2.66. The third-order valence-electron chi connectivity index (χ3n) is 3.33. The lowest BCUT2D eigenvalue weighted by atomic mass is 10.0. The van der Waals surface area contributed by atoms with E-state index in [1.807, 2.05) is 24.3 Å². The highest BCUT2D eigenvalue weighted by molar-refractivity contribution is 6.35. The maximum Gasteiger partial charge on any atom is 0.253 e. The molecule has 1 N–H and O–H groups in total. The number of pyridine rings is 1. The first-order valence-corrected chi connectivity index (χ1v) is 7.24. The molecule has 2 heterocycles. The molecule has 4 nitrogen and oxygen atoms in total. The molecule has 1 aliphatic heterocycles. The van der Waals surface area contributed by atoms with Crippen LogP contribution in [0.25, 0.3) is 0 Å². The van der Waals surface area contributed by atoms with Gasteiger partial charge in [-0.15, -0.1) is 0 Å². The smallest absolute Gasteiger partial charge is 0.253 e. The minimum Gasteiger partial charge on any atom is -0.493 e. The first-order chi connectivity index (χ1) is 10.1. The average Bonchev–Trinajstić information content (AvgIpc) is 2.50. The van der Waals surface area contributed by atoms with Gasteiger partial charge in [0.15, 0.2) is 0 Å². The Morgan fingerprint density at radius 1 is 1.33 bits per heavy atom. The van der Waals surface area contributed by atoms with Crippen molar-refractivity contribution < 1.29 is 9.53 Å². The second-order valence-electron chi connectivity index (χ2n) is 4.69. The van der Waals surface area contributed by atoms with E-state index in [1.165, 1.54) is 12.3 Å². The summed E-state index contributed by atoms with van der Waals surface area (Å²) < 4.78 is 5.58. The molecule has 0 bridgehead atoms. The monoisotopic (exact) mass is 322 g/mol. The number of ether oxygens (including phenoxy) is 1. The van der Waals surface area contributed by atoms with Gasteiger partial charge in [-0.2, -0.15) is 0 Å². The normalized spacial score (nSPS) is 16.8. The van der Waals surface area contributed by atoms with Crippen molar-refractivity contribution >= 4 is 29.1 Å². The van der Waals surface area contributed by atoms with Gasteiger partial charge in [0, 0.05) is 18.2 Å². The summed E-state index contributed by atoms with van der Waals surface area (Å²) in [6, 6.07) is 9.02. The van der Waals surface area contributed by atoms with Gasteiger partial charge in [0.05, 0.1) is 23.2 Å². The Balaban J connectivity index is 1.84. The molecule has 1 aliphatic rings. The maximum atomic E-state index is 12.4. The summed E-state index contributed by atoms with van der Waals surface area (Å²) in [5, 5.41) is 3.48. The maximum absolute atomic E-state index is 12.4. The van der Waals surface area contributed by atoms with Gasteiger partial charge < -0.3 is 10.1 Å². The van der Waals surface area contributed by atoms with Crippen LogP contribution in [0.4, 0.5) is 0 Å². The first kappa shape index (κ1) is 14.2. The number of aromatic nitrogens is 1. The van der Waals surface area contributed by atoms with Crippen LogP contribution in [0.1, 0.15) is 28.4 Å². The van der Waals surface area contributed by atoms with Crippen LogP contribution in [0.2, 0.25) is 10.2 Å². The lowest BCUT2D eigenvalue weighted by Gasteiger charge is -2.26. The zero-order valence-electron chi connectivity index (χ0n) is 11.0. The van der Waals surface area contributed by atoms with Crippen LogP contribution in [0.3, 0.4) is 0 Å². The summed E-state index contributed by atoms with van der Waals surface area (Å²) >= 11 is 11.8. The molecular formula is C15H12Cl2N2O2. The quantitative estimate of drug-likeness (QED) is 0.859. The van der Waals surface area contributed by atoms with Gasteiger partial charge in [-0.25, -0.2) is 4.98 Å². The molecule has 0 aliphatic carbocycles. The van der Waals surface area contributed by atoms with Gasteiger partial charge in [-0.1, -0.05) is 41.4 Å². The number of nitrogens with one attached hydrogen (secondary N) is 1. The summed E-state index contributed by atoms with van der Waals surface area (Å²) in [5.41, 5.74) is 1.29. The number of hydrogen-bond donors (Lipinski definition) is 1. The molecule has 1 atom stereocenters. The molecule has 1 aromatic carbocycles. The van der Waals surface area contributed by atoms with Crippen LogP contribution in [0, 0.1) is 0 Å². The minimum absolute atomic E-state index is 0.106. The Bertz CT molecular complexity index is 691. The average molecular weight is 323 g/mol. The third kappa shape index (κ3) is 2.96. The van der Waals surface area contributed by atoms with E-state index in [-0.39, 0.29) is 22.1 Å². The van der Waals surface area contributed by atoms with E-state index in [0.717, 1.165) is 11.3 Å². The van der Waals surface area contributed by atoms with E-state index in [4.69, 9.17) is 27.9 Å². The summed E-state index contributed by atoms with van der Waals surface area (Å²) in [6.45, 7) is 0.562. The van der Waals surface area contributed by atoms with Crippen molar-refractivity contribution in [1.82, 2.24) is 10.3 Å². The van der Waals surface area contributed by atoms with Crippen molar-refractivity contribution in [2.24, 2.45) is 0 Å². The third-order valence-corrected chi connectivity index (χ3v) is 3.84. The molecule has 0 spiro atoms. The van der Waals surface area contributed by atoms with Crippen LogP contribution in [-0.4, -0.2) is 17.5 Å². The van der Waals surface area contributed by atoms with Crippen molar-refractivity contribution in [3.05, 3.63) is 57.8 Å². The van der Waals surface area contributed by atoms with E-state index >= 15 is 0 Å². The second-order valence-corrected chi connectivity index (χ2v) is 5.48. The Hall–Kier alpha value is -1.78. The van der Waals surface area contributed by atoms with Crippen LogP contribution >= 0.6 is 23.2 Å². The van der Waals surface area contributed by atoms with E-state index in [2.05, 4.69) is 10.3 Å². The zero-order valence-corrected chi connectivity index (χ0v) is 12.5. The Morgan fingerprint density at radius 3 is 3.00 bits per heavy atom. The topological polar surface area (TPSA) is 51.2 Å². The van der Waals surface area contributed by atoms with Gasteiger partial charge in [0.1, 0.15) is 10.9 Å². The van der Waals surface area contributed by atoms with Crippen LogP contribution < -0.4 is 10.1 Å². The van der Waals surface area contributed by atoms with Crippen LogP contribution in [0.5, 0.6) is 5.75 Å². The zero-order chi connectivity index (χ0) is 14.8. The Morgan fingerprint density at radius 2 is 2.14 bits per heavy atom. The minimum atomic E-state index is -0.272. The number of benzene rings is 1. The van der Waals surface area contributed by atoms with Crippen LogP contribution in [0.15, 0.2) is 36.5 Å². The molecule has 0 fully saturated rings. The van der Waals surface area contributed by atoms with Gasteiger partial charge in [-0.3, -0.25) is 4.79 Å². The number of halogens is 2. The molecule has 0 saturated heterocycles. The molecule has 1 aromatic heterocycles. The molecule has 1 amide bonds. The van der Waals surface area contributed by atoms with E-state index < -0.39 is 0 Å². The van der Waals surface area contributed by atoms with Gasteiger partial charge in [-0.05, 0) is 12.1 Å². The Labute approximate surface area is 132 Å². The highest BCUT2D eigenvalue weighted by Crippen LogP contribution is 2.32. The predicted octanol–water partition coefficient (Wildman–Crippen LogP) is 3.64. The molecule has 21 heavy (non-hydrogen) atoms. The number of fused-ring (bicyclic) bond motifs is 1. The number of amides is 1. The molecule has 0 radical (unpaired) electrons. The molecule has 2 aromatic rings. The van der Waals surface area contributed by atoms with E-state index in [0.29, 0.717) is 18.6 Å². The number of nitrogens with zero attached hydrogens (tertiary/aromatic N) is 1. The lowest BCUT2D eigenvalue weighted by Crippen LogP contribution is -2.32. The lowest BCUT2D eigenvalue weighted by molar-refractivity contribution is 0.0925. The molecule has 3 rings (SSSR count). The fraction of sp³-hybridized carbons (Fsp3) is 0.200. The van der Waals surface area contributed by atoms with Crippen molar-refractivity contribution in [1.29, 1.82) is 0 Å². The summed E-state index contributed by atoms with van der Waals surface area (Å²) in [4.78, 5) is 16.2. The van der Waals surface area contributed by atoms with E-state index in [9.17, 15) is 4.79 Å². The molecular weight excluding hydrogens is 311 g/mol. The highest BCUT2D eigenvalue weighted by atomic mass is 35.5. The predicted molar refractivity (Wildman–Crippen MR) is 81.0 cm³/mol. The standard InChI is InChI=1S/C15H12Cl2N2O2/c16-11-8-18-14(17)7-10(11)15(20)19-12-5-6-21-13-4-2-1-3-9(12)13/h1-4,7-8,12H,5-6H2,(H,19,20). The second kappa shape index (κ2) is 5.92. The highest BCUT2D eigenvalue weighted by Gasteiger charge is 2.24. The fourth-order valence-electron chi connectivity index (χ4n) is 2.32. The summed E-state index contributed by atoms with van der Waals surface area (Å²) in [6.07, 6.45) is 2.08. The van der Waals surface area contributed by atoms with Crippen molar-refractivity contribution in [3.8, 4) is 5.75 Å².